The van der Waals surface area contributed by atoms with Crippen molar-refractivity contribution in [3.63, 3.8) is 0 Å². The molecule has 0 amide bonds. The average molecular weight is 333 g/mol. The lowest BCUT2D eigenvalue weighted by atomic mass is 9.88. The fraction of sp³-hybridized carbons (Fsp3) is 0.294. The zero-order valence-electron chi connectivity index (χ0n) is 11.3. The van der Waals surface area contributed by atoms with E-state index in [0.717, 1.165) is 15.8 Å². The van der Waals surface area contributed by atoms with E-state index in [1.165, 1.54) is 5.56 Å². The molecule has 3 unspecified atom stereocenters. The molecule has 0 bridgehead atoms. The van der Waals surface area contributed by atoms with E-state index in [-0.39, 0.29) is 12.0 Å². The Morgan fingerprint density at radius 3 is 2.70 bits per heavy atom. The minimum atomic E-state index is -0.456. The van der Waals surface area contributed by atoms with E-state index in [9.17, 15) is 5.11 Å². The molecule has 2 aromatic rings. The van der Waals surface area contributed by atoms with Crippen LogP contribution < -0.4 is 4.74 Å². The third kappa shape index (κ3) is 2.60. The maximum Gasteiger partial charge on any atom is 0.126 e. The van der Waals surface area contributed by atoms with Crippen LogP contribution in [0, 0.1) is 0 Å². The van der Waals surface area contributed by atoms with E-state index >= 15 is 0 Å². The monoisotopic (exact) mass is 332 g/mol. The lowest BCUT2D eigenvalue weighted by Crippen LogP contribution is -2.30. The lowest BCUT2D eigenvalue weighted by Gasteiger charge is -2.33. The summed E-state index contributed by atoms with van der Waals surface area (Å²) in [7, 11) is 0. The molecule has 0 saturated heterocycles. The number of benzene rings is 2. The van der Waals surface area contributed by atoms with Gasteiger partial charge in [-0.25, -0.2) is 0 Å². The van der Waals surface area contributed by atoms with Crippen molar-refractivity contribution >= 4 is 15.9 Å². The second kappa shape index (κ2) is 5.58. The molecular weight excluding hydrogens is 316 g/mol. The summed E-state index contributed by atoms with van der Waals surface area (Å²) in [6.07, 6.45) is 0.169. The first-order valence-electron chi connectivity index (χ1n) is 6.84. The van der Waals surface area contributed by atoms with Crippen LogP contribution in [0.25, 0.3) is 0 Å². The first-order chi connectivity index (χ1) is 9.65. The number of hydrogen-bond donors (Lipinski definition) is 1. The molecule has 3 heteroatoms. The molecular formula is C17H17BrO2. The second-order valence-corrected chi connectivity index (χ2v) is 6.20. The molecule has 1 N–H and O–H groups in total. The minimum absolute atomic E-state index is 0.00537. The van der Waals surface area contributed by atoms with Gasteiger partial charge in [-0.1, -0.05) is 59.3 Å². The number of halogens is 1. The summed E-state index contributed by atoms with van der Waals surface area (Å²) >= 11 is 3.45. The molecule has 1 aliphatic rings. The first kappa shape index (κ1) is 13.7. The molecule has 20 heavy (non-hydrogen) atoms. The smallest absolute Gasteiger partial charge is 0.126 e. The van der Waals surface area contributed by atoms with Crippen molar-refractivity contribution in [1.29, 1.82) is 0 Å². The quantitative estimate of drug-likeness (QED) is 0.881. The largest absolute Gasteiger partial charge is 0.489 e. The standard InChI is InChI=1S/C17H17BrO2/c1-11(12-5-3-2-4-6-12)16-10-15(19)14-8-7-13(18)9-17(14)20-16/h2-9,11,15-16,19H,10H2,1H3. The molecule has 0 spiro atoms. The molecule has 3 rings (SSSR count). The van der Waals surface area contributed by atoms with Crippen molar-refractivity contribution in [3.8, 4) is 5.75 Å². The third-order valence-corrected chi connectivity index (χ3v) is 4.44. The van der Waals surface area contributed by atoms with Crippen LogP contribution in [0.2, 0.25) is 0 Å². The van der Waals surface area contributed by atoms with Gasteiger partial charge in [-0.05, 0) is 17.7 Å². The third-order valence-electron chi connectivity index (χ3n) is 3.95. The number of aliphatic hydroxyl groups excluding tert-OH is 1. The number of aliphatic hydroxyl groups is 1. The predicted octanol–water partition coefficient (Wildman–Crippen LogP) is 4.44. The van der Waals surface area contributed by atoms with E-state index in [0.29, 0.717) is 6.42 Å². The SMILES string of the molecule is CC(c1ccccc1)C1CC(O)c2ccc(Br)cc2O1. The van der Waals surface area contributed by atoms with Crippen LogP contribution in [0.3, 0.4) is 0 Å². The first-order valence-corrected chi connectivity index (χ1v) is 7.63. The van der Waals surface area contributed by atoms with Gasteiger partial charge in [-0.2, -0.15) is 0 Å². The van der Waals surface area contributed by atoms with Crippen molar-refractivity contribution in [2.45, 2.75) is 31.5 Å². The Morgan fingerprint density at radius 2 is 1.95 bits per heavy atom. The Balaban J connectivity index is 1.87. The van der Waals surface area contributed by atoms with Crippen molar-refractivity contribution in [2.24, 2.45) is 0 Å². The summed E-state index contributed by atoms with van der Waals surface area (Å²) in [5.74, 6) is 1.03. The number of ether oxygens (including phenoxy) is 1. The Labute approximate surface area is 127 Å². The summed E-state index contributed by atoms with van der Waals surface area (Å²) < 4.78 is 7.08. The molecule has 1 aliphatic heterocycles. The Bertz CT molecular complexity index is 597. The van der Waals surface area contributed by atoms with Crippen LogP contribution in [0.1, 0.15) is 36.5 Å². The van der Waals surface area contributed by atoms with Gasteiger partial charge in [0.1, 0.15) is 11.9 Å². The van der Waals surface area contributed by atoms with Crippen LogP contribution >= 0.6 is 15.9 Å². The average Bonchev–Trinajstić information content (AvgIpc) is 2.46. The van der Waals surface area contributed by atoms with Crippen molar-refractivity contribution in [2.75, 3.05) is 0 Å². The van der Waals surface area contributed by atoms with Gasteiger partial charge in [0.25, 0.3) is 0 Å². The lowest BCUT2D eigenvalue weighted by molar-refractivity contribution is 0.0546. The summed E-state index contributed by atoms with van der Waals surface area (Å²) in [6, 6.07) is 16.1. The molecule has 0 aromatic heterocycles. The zero-order chi connectivity index (χ0) is 14.1. The van der Waals surface area contributed by atoms with Crippen LogP contribution in [-0.2, 0) is 0 Å². The highest BCUT2D eigenvalue weighted by Crippen LogP contribution is 2.40. The Hall–Kier alpha value is -1.32. The molecule has 1 heterocycles. The van der Waals surface area contributed by atoms with Crippen molar-refractivity contribution < 1.29 is 9.84 Å². The van der Waals surface area contributed by atoms with E-state index < -0.39 is 6.10 Å². The molecule has 0 saturated carbocycles. The maximum absolute atomic E-state index is 10.3. The Kier molecular flexibility index (Phi) is 3.81. The highest BCUT2D eigenvalue weighted by atomic mass is 79.9. The predicted molar refractivity (Wildman–Crippen MR) is 83.0 cm³/mol. The van der Waals surface area contributed by atoms with Crippen molar-refractivity contribution in [3.05, 3.63) is 64.1 Å². The van der Waals surface area contributed by atoms with Gasteiger partial charge in [0.2, 0.25) is 0 Å². The molecule has 104 valence electrons. The van der Waals surface area contributed by atoms with Gasteiger partial charge in [0.05, 0.1) is 6.10 Å². The number of rotatable bonds is 2. The van der Waals surface area contributed by atoms with E-state index in [4.69, 9.17) is 4.74 Å². The summed E-state index contributed by atoms with van der Waals surface area (Å²) in [6.45, 7) is 2.15. The maximum atomic E-state index is 10.3. The second-order valence-electron chi connectivity index (χ2n) is 5.29. The van der Waals surface area contributed by atoms with Gasteiger partial charge in [0.15, 0.2) is 0 Å². The molecule has 2 nitrogen and oxygen atoms in total. The van der Waals surface area contributed by atoms with Gasteiger partial charge in [0, 0.05) is 22.4 Å². The van der Waals surface area contributed by atoms with Gasteiger partial charge >= 0.3 is 0 Å². The summed E-state index contributed by atoms with van der Waals surface area (Å²) in [5, 5.41) is 10.3. The van der Waals surface area contributed by atoms with Gasteiger partial charge < -0.3 is 9.84 Å². The summed E-state index contributed by atoms with van der Waals surface area (Å²) in [4.78, 5) is 0. The van der Waals surface area contributed by atoms with Crippen LogP contribution in [-0.4, -0.2) is 11.2 Å². The van der Waals surface area contributed by atoms with Crippen molar-refractivity contribution in [1.82, 2.24) is 0 Å². The Morgan fingerprint density at radius 1 is 1.20 bits per heavy atom. The highest BCUT2D eigenvalue weighted by Gasteiger charge is 2.31. The highest BCUT2D eigenvalue weighted by molar-refractivity contribution is 9.10. The molecule has 3 atom stereocenters. The molecule has 0 radical (unpaired) electrons. The van der Waals surface area contributed by atoms with E-state index in [2.05, 4.69) is 35.0 Å². The normalized spacial score (nSPS) is 22.8. The number of fused-ring (bicyclic) bond motifs is 1. The fourth-order valence-electron chi connectivity index (χ4n) is 2.72. The summed E-state index contributed by atoms with van der Waals surface area (Å²) in [5.41, 5.74) is 2.12. The van der Waals surface area contributed by atoms with Gasteiger partial charge in [-0.3, -0.25) is 0 Å². The number of hydrogen-bond acceptors (Lipinski definition) is 2. The van der Waals surface area contributed by atoms with E-state index in [1.54, 1.807) is 0 Å². The molecule has 0 fully saturated rings. The topological polar surface area (TPSA) is 29.5 Å². The minimum Gasteiger partial charge on any atom is -0.489 e. The van der Waals surface area contributed by atoms with Crippen LogP contribution in [0.4, 0.5) is 0 Å². The van der Waals surface area contributed by atoms with E-state index in [1.807, 2.05) is 36.4 Å². The van der Waals surface area contributed by atoms with Crippen LogP contribution in [0.5, 0.6) is 5.75 Å². The molecule has 0 aliphatic carbocycles. The zero-order valence-corrected chi connectivity index (χ0v) is 12.9. The fourth-order valence-corrected chi connectivity index (χ4v) is 3.06. The molecule has 2 aromatic carbocycles. The van der Waals surface area contributed by atoms with Crippen LogP contribution in [0.15, 0.2) is 53.0 Å². The van der Waals surface area contributed by atoms with Gasteiger partial charge in [-0.15, -0.1) is 0 Å².